The van der Waals surface area contributed by atoms with Gasteiger partial charge in [0.15, 0.2) is 5.13 Å². The van der Waals surface area contributed by atoms with E-state index in [0.29, 0.717) is 20.9 Å². The number of aromatic nitrogens is 1. The molecule has 17 heavy (non-hydrogen) atoms. The monoisotopic (exact) mass is 322 g/mol. The Bertz CT molecular complexity index is 551. The first-order valence-corrected chi connectivity index (χ1v) is 6.13. The number of nitrogens with zero attached hydrogens (tertiary/aromatic N) is 1. The molecule has 2 aromatic rings. The zero-order valence-electron chi connectivity index (χ0n) is 8.25. The van der Waals surface area contributed by atoms with Crippen molar-refractivity contribution in [3.05, 3.63) is 33.6 Å². The van der Waals surface area contributed by atoms with E-state index in [4.69, 9.17) is 5.73 Å². The molecule has 0 amide bonds. The van der Waals surface area contributed by atoms with Gasteiger partial charge in [-0.15, -0.1) is 11.3 Å². The maximum atomic E-state index is 12.6. The molecule has 0 saturated carbocycles. The predicted octanol–water partition coefficient (Wildman–Crippen LogP) is 4.17. The number of hydrogen-bond acceptors (Lipinski definition) is 3. The van der Waals surface area contributed by atoms with E-state index < -0.39 is 11.7 Å². The zero-order valence-corrected chi connectivity index (χ0v) is 10.7. The third kappa shape index (κ3) is 2.61. The van der Waals surface area contributed by atoms with Crippen LogP contribution in [0.3, 0.4) is 0 Å². The van der Waals surface area contributed by atoms with Crippen molar-refractivity contribution in [1.82, 2.24) is 4.98 Å². The number of halogens is 4. The fraction of sp³-hybridized carbons (Fsp3) is 0.100. The summed E-state index contributed by atoms with van der Waals surface area (Å²) in [7, 11) is 0. The van der Waals surface area contributed by atoms with Gasteiger partial charge in [-0.25, -0.2) is 4.98 Å². The van der Waals surface area contributed by atoms with Gasteiger partial charge in [-0.05, 0) is 18.2 Å². The van der Waals surface area contributed by atoms with Gasteiger partial charge < -0.3 is 5.73 Å². The van der Waals surface area contributed by atoms with E-state index >= 15 is 0 Å². The number of thiazole rings is 1. The minimum atomic E-state index is -4.36. The smallest absolute Gasteiger partial charge is 0.375 e. The molecule has 0 unspecified atom stereocenters. The van der Waals surface area contributed by atoms with Crippen LogP contribution in [0.5, 0.6) is 0 Å². The van der Waals surface area contributed by atoms with E-state index in [9.17, 15) is 13.2 Å². The molecular weight excluding hydrogens is 317 g/mol. The standard InChI is InChI=1S/C10H6BrF3N2S/c11-7-2-1-5(10(12,13)14)3-6(7)8-4-17-9(15)16-8/h1-4H,(H2,15,16). The third-order valence-electron chi connectivity index (χ3n) is 2.09. The number of rotatable bonds is 1. The number of nitrogen functional groups attached to an aromatic ring is 1. The molecule has 0 aliphatic carbocycles. The van der Waals surface area contributed by atoms with Gasteiger partial charge in [0.2, 0.25) is 0 Å². The fourth-order valence-electron chi connectivity index (χ4n) is 1.31. The molecule has 0 spiro atoms. The highest BCUT2D eigenvalue weighted by molar-refractivity contribution is 9.10. The van der Waals surface area contributed by atoms with Crippen LogP contribution in [0.2, 0.25) is 0 Å². The van der Waals surface area contributed by atoms with Crippen molar-refractivity contribution < 1.29 is 13.2 Å². The summed E-state index contributed by atoms with van der Waals surface area (Å²) in [5.41, 5.74) is 5.57. The fourth-order valence-corrected chi connectivity index (χ4v) is 2.32. The van der Waals surface area contributed by atoms with Crippen LogP contribution >= 0.6 is 27.3 Å². The Balaban J connectivity index is 2.54. The Kier molecular flexibility index (Phi) is 3.13. The van der Waals surface area contributed by atoms with E-state index in [1.54, 1.807) is 5.38 Å². The number of anilines is 1. The van der Waals surface area contributed by atoms with E-state index in [-0.39, 0.29) is 0 Å². The molecule has 2 rings (SSSR count). The average Bonchev–Trinajstić information content (AvgIpc) is 2.63. The van der Waals surface area contributed by atoms with Crippen molar-refractivity contribution in [2.24, 2.45) is 0 Å². The second kappa shape index (κ2) is 4.30. The Morgan fingerprint density at radius 1 is 1.29 bits per heavy atom. The molecule has 1 heterocycles. The molecule has 90 valence electrons. The van der Waals surface area contributed by atoms with Crippen LogP contribution in [-0.2, 0) is 6.18 Å². The van der Waals surface area contributed by atoms with E-state index in [1.165, 1.54) is 17.4 Å². The molecule has 0 aliphatic rings. The topological polar surface area (TPSA) is 38.9 Å². The lowest BCUT2D eigenvalue weighted by Crippen LogP contribution is -2.04. The van der Waals surface area contributed by atoms with Gasteiger partial charge in [-0.2, -0.15) is 13.2 Å². The summed E-state index contributed by atoms with van der Waals surface area (Å²) >= 11 is 4.39. The second-order valence-electron chi connectivity index (χ2n) is 3.26. The molecule has 0 radical (unpaired) electrons. The average molecular weight is 323 g/mol. The summed E-state index contributed by atoms with van der Waals surface area (Å²) in [6, 6.07) is 3.43. The maximum absolute atomic E-state index is 12.6. The van der Waals surface area contributed by atoms with Crippen LogP contribution in [0, 0.1) is 0 Å². The van der Waals surface area contributed by atoms with Crippen molar-refractivity contribution in [1.29, 1.82) is 0 Å². The SMILES string of the molecule is Nc1nc(-c2cc(C(F)(F)F)ccc2Br)cs1. The molecule has 1 aromatic carbocycles. The molecular formula is C10H6BrF3N2S. The van der Waals surface area contributed by atoms with Gasteiger partial charge in [0.05, 0.1) is 11.3 Å². The Morgan fingerprint density at radius 3 is 2.53 bits per heavy atom. The second-order valence-corrected chi connectivity index (χ2v) is 5.01. The van der Waals surface area contributed by atoms with Crippen molar-refractivity contribution in [3.8, 4) is 11.3 Å². The van der Waals surface area contributed by atoms with E-state index in [1.807, 2.05) is 0 Å². The van der Waals surface area contributed by atoms with Crippen LogP contribution in [0.15, 0.2) is 28.1 Å². The molecule has 7 heteroatoms. The molecule has 2 nitrogen and oxygen atoms in total. The Labute approximate surface area is 107 Å². The van der Waals surface area contributed by atoms with Crippen LogP contribution in [0.1, 0.15) is 5.56 Å². The minimum absolute atomic E-state index is 0.323. The van der Waals surface area contributed by atoms with Crippen molar-refractivity contribution in [2.75, 3.05) is 5.73 Å². The molecule has 0 fully saturated rings. The van der Waals surface area contributed by atoms with E-state index in [0.717, 1.165) is 12.1 Å². The predicted molar refractivity (Wildman–Crippen MR) is 64.7 cm³/mol. The van der Waals surface area contributed by atoms with Crippen molar-refractivity contribution >= 4 is 32.4 Å². The van der Waals surface area contributed by atoms with E-state index in [2.05, 4.69) is 20.9 Å². The van der Waals surface area contributed by atoms with Crippen molar-refractivity contribution in [2.45, 2.75) is 6.18 Å². The first-order chi connectivity index (χ1) is 7.88. The van der Waals surface area contributed by atoms with Crippen LogP contribution in [0.25, 0.3) is 11.3 Å². The molecule has 2 N–H and O–H groups in total. The maximum Gasteiger partial charge on any atom is 0.416 e. The molecule has 0 saturated heterocycles. The highest BCUT2D eigenvalue weighted by Crippen LogP contribution is 2.36. The summed E-state index contributed by atoms with van der Waals surface area (Å²) in [5.74, 6) is 0. The number of benzene rings is 1. The highest BCUT2D eigenvalue weighted by Gasteiger charge is 2.31. The third-order valence-corrected chi connectivity index (χ3v) is 3.46. The largest absolute Gasteiger partial charge is 0.416 e. The molecule has 0 atom stereocenters. The highest BCUT2D eigenvalue weighted by atomic mass is 79.9. The Hall–Kier alpha value is -1.08. The molecule has 1 aromatic heterocycles. The lowest BCUT2D eigenvalue weighted by molar-refractivity contribution is -0.137. The lowest BCUT2D eigenvalue weighted by atomic mass is 10.1. The van der Waals surface area contributed by atoms with Crippen LogP contribution in [0.4, 0.5) is 18.3 Å². The summed E-state index contributed by atoms with van der Waals surface area (Å²) in [6.07, 6.45) is -4.36. The van der Waals surface area contributed by atoms with Gasteiger partial charge in [-0.3, -0.25) is 0 Å². The van der Waals surface area contributed by atoms with Gasteiger partial charge in [0, 0.05) is 15.4 Å². The quantitative estimate of drug-likeness (QED) is 0.855. The van der Waals surface area contributed by atoms with Gasteiger partial charge >= 0.3 is 6.18 Å². The van der Waals surface area contributed by atoms with Crippen molar-refractivity contribution in [3.63, 3.8) is 0 Å². The molecule has 0 aliphatic heterocycles. The summed E-state index contributed by atoms with van der Waals surface area (Å²) in [4.78, 5) is 3.96. The molecule has 0 bridgehead atoms. The normalized spacial score (nSPS) is 11.8. The first-order valence-electron chi connectivity index (χ1n) is 4.46. The van der Waals surface area contributed by atoms with Gasteiger partial charge in [0.25, 0.3) is 0 Å². The summed E-state index contributed by atoms with van der Waals surface area (Å²) < 4.78 is 38.2. The van der Waals surface area contributed by atoms with Crippen LogP contribution < -0.4 is 5.73 Å². The van der Waals surface area contributed by atoms with Gasteiger partial charge in [-0.1, -0.05) is 15.9 Å². The minimum Gasteiger partial charge on any atom is -0.375 e. The summed E-state index contributed by atoms with van der Waals surface area (Å²) in [5, 5.41) is 1.94. The number of hydrogen-bond donors (Lipinski definition) is 1. The van der Waals surface area contributed by atoms with Crippen LogP contribution in [-0.4, -0.2) is 4.98 Å². The number of alkyl halides is 3. The number of nitrogens with two attached hydrogens (primary N) is 1. The first kappa shape index (κ1) is 12.4. The Morgan fingerprint density at radius 2 is 2.00 bits per heavy atom. The zero-order chi connectivity index (χ0) is 12.6. The summed E-state index contributed by atoms with van der Waals surface area (Å²) in [6.45, 7) is 0. The van der Waals surface area contributed by atoms with Gasteiger partial charge in [0.1, 0.15) is 0 Å². The lowest BCUT2D eigenvalue weighted by Gasteiger charge is -2.09.